The lowest BCUT2D eigenvalue weighted by atomic mass is 9.89. The highest BCUT2D eigenvalue weighted by Gasteiger charge is 2.23. The average molecular weight is 231 g/mol. The van der Waals surface area contributed by atoms with Gasteiger partial charge in [0.05, 0.1) is 29.3 Å². The van der Waals surface area contributed by atoms with Crippen molar-refractivity contribution in [3.63, 3.8) is 0 Å². The molecule has 2 aromatic heterocycles. The van der Waals surface area contributed by atoms with E-state index in [0.29, 0.717) is 11.5 Å². The van der Waals surface area contributed by atoms with E-state index in [4.69, 9.17) is 5.73 Å². The fraction of sp³-hybridized carbons (Fsp3) is 0.417. The lowest BCUT2D eigenvalue weighted by molar-refractivity contribution is 0.554. The maximum atomic E-state index is 5.59. The number of hydrogen-bond donors (Lipinski definition) is 1. The third kappa shape index (κ3) is 2.27. The van der Waals surface area contributed by atoms with Crippen molar-refractivity contribution in [3.05, 3.63) is 24.3 Å². The Balaban J connectivity index is 2.55. The van der Waals surface area contributed by atoms with Gasteiger partial charge in [0.2, 0.25) is 0 Å². The number of aromatic nitrogens is 4. The molecule has 0 aromatic carbocycles. The number of hydrogen-bond acceptors (Lipinski definition) is 4. The van der Waals surface area contributed by atoms with Crippen molar-refractivity contribution in [1.29, 1.82) is 0 Å². The van der Waals surface area contributed by atoms with Crippen molar-refractivity contribution < 1.29 is 0 Å². The molecule has 0 bridgehead atoms. The molecule has 0 aliphatic carbocycles. The van der Waals surface area contributed by atoms with Gasteiger partial charge in [0.15, 0.2) is 5.82 Å². The molecule has 5 nitrogen and oxygen atoms in total. The molecule has 2 aromatic rings. The van der Waals surface area contributed by atoms with Gasteiger partial charge in [0, 0.05) is 18.7 Å². The third-order valence-corrected chi connectivity index (χ3v) is 2.45. The van der Waals surface area contributed by atoms with Gasteiger partial charge in [-0.3, -0.25) is 4.68 Å². The number of nitrogen functional groups attached to an aromatic ring is 1. The SMILES string of the molecule is Cn1cc(-c2ncc(N)cn2)c(C(C)(C)C)n1. The first-order valence-electron chi connectivity index (χ1n) is 5.50. The van der Waals surface area contributed by atoms with Crippen LogP contribution in [0.2, 0.25) is 0 Å². The highest BCUT2D eigenvalue weighted by Crippen LogP contribution is 2.29. The molecule has 0 atom stereocenters. The normalized spacial score (nSPS) is 11.8. The number of rotatable bonds is 1. The van der Waals surface area contributed by atoms with Crippen LogP contribution >= 0.6 is 0 Å². The van der Waals surface area contributed by atoms with Crippen LogP contribution in [0.3, 0.4) is 0 Å². The summed E-state index contributed by atoms with van der Waals surface area (Å²) in [7, 11) is 1.90. The van der Waals surface area contributed by atoms with E-state index in [-0.39, 0.29) is 5.41 Å². The summed E-state index contributed by atoms with van der Waals surface area (Å²) in [4.78, 5) is 8.49. The molecular formula is C12H17N5. The number of nitrogens with two attached hydrogens (primary N) is 1. The first kappa shape index (κ1) is 11.6. The monoisotopic (exact) mass is 231 g/mol. The summed E-state index contributed by atoms with van der Waals surface area (Å²) in [5.74, 6) is 0.664. The van der Waals surface area contributed by atoms with Crippen LogP contribution in [0.5, 0.6) is 0 Å². The van der Waals surface area contributed by atoms with Gasteiger partial charge in [0.1, 0.15) is 0 Å². The third-order valence-electron chi connectivity index (χ3n) is 2.45. The van der Waals surface area contributed by atoms with E-state index in [0.717, 1.165) is 11.3 Å². The van der Waals surface area contributed by atoms with Crippen molar-refractivity contribution >= 4 is 5.69 Å². The smallest absolute Gasteiger partial charge is 0.162 e. The van der Waals surface area contributed by atoms with Gasteiger partial charge < -0.3 is 5.73 Å². The Morgan fingerprint density at radius 3 is 2.29 bits per heavy atom. The Morgan fingerprint density at radius 1 is 1.18 bits per heavy atom. The molecule has 0 saturated carbocycles. The van der Waals surface area contributed by atoms with Crippen LogP contribution < -0.4 is 5.73 Å². The summed E-state index contributed by atoms with van der Waals surface area (Å²) < 4.78 is 1.79. The molecule has 2 rings (SSSR count). The summed E-state index contributed by atoms with van der Waals surface area (Å²) in [6, 6.07) is 0. The van der Waals surface area contributed by atoms with Crippen molar-refractivity contribution in [2.24, 2.45) is 7.05 Å². The summed E-state index contributed by atoms with van der Waals surface area (Å²) in [6.07, 6.45) is 5.16. The molecule has 90 valence electrons. The lowest BCUT2D eigenvalue weighted by Crippen LogP contribution is -2.14. The van der Waals surface area contributed by atoms with Crippen LogP contribution in [0.25, 0.3) is 11.4 Å². The van der Waals surface area contributed by atoms with E-state index in [9.17, 15) is 0 Å². The van der Waals surface area contributed by atoms with Gasteiger partial charge in [0.25, 0.3) is 0 Å². The first-order valence-corrected chi connectivity index (χ1v) is 5.50. The van der Waals surface area contributed by atoms with Crippen molar-refractivity contribution in [2.45, 2.75) is 26.2 Å². The minimum atomic E-state index is -0.0403. The van der Waals surface area contributed by atoms with Gasteiger partial charge in [-0.05, 0) is 0 Å². The van der Waals surface area contributed by atoms with Gasteiger partial charge in [-0.15, -0.1) is 0 Å². The van der Waals surface area contributed by atoms with Crippen molar-refractivity contribution in [3.8, 4) is 11.4 Å². The fourth-order valence-corrected chi connectivity index (χ4v) is 1.68. The predicted octanol–water partition coefficient (Wildman–Crippen LogP) is 1.76. The molecule has 0 saturated heterocycles. The number of anilines is 1. The van der Waals surface area contributed by atoms with Crippen LogP contribution in [-0.2, 0) is 12.5 Å². The molecule has 0 aliphatic rings. The second kappa shape index (κ2) is 3.84. The van der Waals surface area contributed by atoms with Gasteiger partial charge >= 0.3 is 0 Å². The molecule has 0 unspecified atom stereocenters. The van der Waals surface area contributed by atoms with E-state index in [1.54, 1.807) is 17.1 Å². The van der Waals surface area contributed by atoms with E-state index in [2.05, 4.69) is 35.8 Å². The Labute approximate surface area is 101 Å². The first-order chi connectivity index (χ1) is 7.88. The Hall–Kier alpha value is -1.91. The minimum absolute atomic E-state index is 0.0403. The second-order valence-electron chi connectivity index (χ2n) is 5.16. The quantitative estimate of drug-likeness (QED) is 0.811. The Kier molecular flexibility index (Phi) is 2.61. The summed E-state index contributed by atoms with van der Waals surface area (Å²) in [5, 5.41) is 4.49. The zero-order valence-electron chi connectivity index (χ0n) is 10.6. The molecular weight excluding hydrogens is 214 g/mol. The van der Waals surface area contributed by atoms with Crippen LogP contribution in [0.15, 0.2) is 18.6 Å². The molecule has 0 radical (unpaired) electrons. The van der Waals surface area contributed by atoms with E-state index < -0.39 is 0 Å². The predicted molar refractivity (Wildman–Crippen MR) is 67.3 cm³/mol. The molecule has 5 heteroatoms. The molecule has 0 amide bonds. The zero-order valence-corrected chi connectivity index (χ0v) is 10.6. The molecule has 2 heterocycles. The van der Waals surface area contributed by atoms with Gasteiger partial charge in [-0.25, -0.2) is 9.97 Å². The number of aryl methyl sites for hydroxylation is 1. The second-order valence-corrected chi connectivity index (χ2v) is 5.16. The summed E-state index contributed by atoms with van der Waals surface area (Å²) in [6.45, 7) is 6.36. The van der Waals surface area contributed by atoms with Gasteiger partial charge in [-0.1, -0.05) is 20.8 Å². The largest absolute Gasteiger partial charge is 0.396 e. The van der Waals surface area contributed by atoms with Crippen LogP contribution in [0.4, 0.5) is 5.69 Å². The standard InChI is InChI=1S/C12H17N5/c1-12(2,3)10-9(7-17(4)16-10)11-14-5-8(13)6-15-11/h5-7H,13H2,1-4H3. The van der Waals surface area contributed by atoms with E-state index >= 15 is 0 Å². The fourth-order valence-electron chi connectivity index (χ4n) is 1.68. The molecule has 2 N–H and O–H groups in total. The Morgan fingerprint density at radius 2 is 1.76 bits per heavy atom. The van der Waals surface area contributed by atoms with Crippen molar-refractivity contribution in [2.75, 3.05) is 5.73 Å². The topological polar surface area (TPSA) is 69.6 Å². The van der Waals surface area contributed by atoms with Crippen molar-refractivity contribution in [1.82, 2.24) is 19.7 Å². The summed E-state index contributed by atoms with van der Waals surface area (Å²) in [5.41, 5.74) is 8.06. The van der Waals surface area contributed by atoms with E-state index in [1.807, 2.05) is 13.2 Å². The molecule has 0 fully saturated rings. The highest BCUT2D eigenvalue weighted by molar-refractivity contribution is 5.59. The molecule has 0 spiro atoms. The Bertz CT molecular complexity index is 519. The van der Waals surface area contributed by atoms with Crippen LogP contribution in [0, 0.1) is 0 Å². The number of nitrogens with zero attached hydrogens (tertiary/aromatic N) is 4. The highest BCUT2D eigenvalue weighted by atomic mass is 15.3. The van der Waals surface area contributed by atoms with Crippen LogP contribution in [-0.4, -0.2) is 19.7 Å². The molecule has 17 heavy (non-hydrogen) atoms. The molecule has 0 aliphatic heterocycles. The summed E-state index contributed by atoms with van der Waals surface area (Å²) >= 11 is 0. The average Bonchev–Trinajstić information content (AvgIpc) is 2.61. The minimum Gasteiger partial charge on any atom is -0.396 e. The maximum Gasteiger partial charge on any atom is 0.162 e. The van der Waals surface area contributed by atoms with E-state index in [1.165, 1.54) is 0 Å². The van der Waals surface area contributed by atoms with Gasteiger partial charge in [-0.2, -0.15) is 5.10 Å². The lowest BCUT2D eigenvalue weighted by Gasteiger charge is -2.16. The van der Waals surface area contributed by atoms with Crippen LogP contribution in [0.1, 0.15) is 26.5 Å². The zero-order chi connectivity index (χ0) is 12.6. The maximum absolute atomic E-state index is 5.59.